The molecule has 0 saturated carbocycles. The van der Waals surface area contributed by atoms with E-state index >= 15 is 0 Å². The van der Waals surface area contributed by atoms with Crippen LogP contribution in [0.25, 0.3) is 0 Å². The minimum absolute atomic E-state index is 0.247. The molecular formula is C22H26O4. The zero-order valence-corrected chi connectivity index (χ0v) is 15.4. The highest BCUT2D eigenvalue weighted by atomic mass is 17.2. The first-order valence-electron chi connectivity index (χ1n) is 8.71. The molecule has 0 spiro atoms. The number of carbonyl (C=O) groups is 1. The summed E-state index contributed by atoms with van der Waals surface area (Å²) in [6.45, 7) is 5.85. The van der Waals surface area contributed by atoms with E-state index in [4.69, 9.17) is 14.5 Å². The van der Waals surface area contributed by atoms with Gasteiger partial charge < -0.3 is 9.53 Å². The van der Waals surface area contributed by atoms with Crippen LogP contribution in [-0.2, 0) is 25.1 Å². The van der Waals surface area contributed by atoms with Crippen LogP contribution in [0.2, 0.25) is 0 Å². The largest absolute Gasteiger partial charge is 0.344 e. The molecule has 0 saturated heterocycles. The van der Waals surface area contributed by atoms with Crippen LogP contribution in [-0.4, -0.2) is 19.5 Å². The van der Waals surface area contributed by atoms with Crippen LogP contribution in [0.5, 0.6) is 0 Å². The Morgan fingerprint density at radius 1 is 1.08 bits per heavy atom. The van der Waals surface area contributed by atoms with Crippen molar-refractivity contribution in [1.29, 1.82) is 0 Å². The lowest BCUT2D eigenvalue weighted by atomic mass is 9.97. The average molecular weight is 354 g/mol. The minimum Gasteiger partial charge on any atom is -0.344 e. The summed E-state index contributed by atoms with van der Waals surface area (Å²) in [4.78, 5) is 22.6. The molecule has 0 amide bonds. The van der Waals surface area contributed by atoms with Gasteiger partial charge in [-0.3, -0.25) is 0 Å². The molecule has 138 valence electrons. The number of allylic oxidation sites excluding steroid dienone is 1. The van der Waals surface area contributed by atoms with Crippen molar-refractivity contribution in [2.45, 2.75) is 38.1 Å². The number of methoxy groups -OCH3 is 1. The average Bonchev–Trinajstić information content (AvgIpc) is 2.68. The van der Waals surface area contributed by atoms with E-state index in [1.54, 1.807) is 7.11 Å². The SMILES string of the molecule is C=C(C)CCC(CC=O)OOC(OC)(c1ccccc1)c1ccccc1. The van der Waals surface area contributed by atoms with Gasteiger partial charge in [0.1, 0.15) is 12.4 Å². The van der Waals surface area contributed by atoms with E-state index in [1.165, 1.54) is 0 Å². The molecule has 0 fully saturated rings. The van der Waals surface area contributed by atoms with Gasteiger partial charge in [0.15, 0.2) is 0 Å². The quantitative estimate of drug-likeness (QED) is 0.191. The monoisotopic (exact) mass is 354 g/mol. The van der Waals surface area contributed by atoms with Crippen molar-refractivity contribution < 1.29 is 19.3 Å². The Morgan fingerprint density at radius 2 is 1.62 bits per heavy atom. The van der Waals surface area contributed by atoms with E-state index in [1.807, 2.05) is 67.6 Å². The molecule has 0 aliphatic rings. The molecule has 0 aromatic heterocycles. The van der Waals surface area contributed by atoms with Crippen molar-refractivity contribution in [2.75, 3.05) is 7.11 Å². The Bertz CT molecular complexity index is 642. The predicted molar refractivity (Wildman–Crippen MR) is 101 cm³/mol. The number of benzene rings is 2. The van der Waals surface area contributed by atoms with Crippen LogP contribution in [0.4, 0.5) is 0 Å². The van der Waals surface area contributed by atoms with E-state index in [0.717, 1.165) is 29.4 Å². The van der Waals surface area contributed by atoms with Crippen LogP contribution < -0.4 is 0 Å². The second-order valence-corrected chi connectivity index (χ2v) is 6.25. The molecule has 4 nitrogen and oxygen atoms in total. The molecule has 0 bridgehead atoms. The summed E-state index contributed by atoms with van der Waals surface area (Å²) >= 11 is 0. The molecule has 1 unspecified atom stereocenters. The molecule has 1 atom stereocenters. The standard InChI is InChI=1S/C22H26O4/c1-18(2)14-15-21(16-17-23)25-26-22(24-3,19-10-6-4-7-11-19)20-12-8-5-9-13-20/h4-13,17,21H,1,14-16H2,2-3H3. The summed E-state index contributed by atoms with van der Waals surface area (Å²) in [5.74, 6) is -1.22. The fourth-order valence-electron chi connectivity index (χ4n) is 2.70. The number of carbonyl (C=O) groups excluding carboxylic acids is 1. The van der Waals surface area contributed by atoms with Gasteiger partial charge in [-0.15, -0.1) is 6.58 Å². The number of hydrogen-bond donors (Lipinski definition) is 0. The van der Waals surface area contributed by atoms with Crippen molar-refractivity contribution in [3.8, 4) is 0 Å². The third kappa shape index (κ3) is 5.11. The Hall–Kier alpha value is -2.27. The fraction of sp³-hybridized carbons (Fsp3) is 0.318. The van der Waals surface area contributed by atoms with Gasteiger partial charge >= 0.3 is 0 Å². The Balaban J connectivity index is 2.29. The molecule has 0 N–H and O–H groups in total. The van der Waals surface area contributed by atoms with E-state index in [0.29, 0.717) is 6.42 Å². The maximum absolute atomic E-state index is 11.0. The zero-order valence-electron chi connectivity index (χ0n) is 15.4. The predicted octanol–water partition coefficient (Wildman–Crippen LogP) is 4.80. The lowest BCUT2D eigenvalue weighted by Crippen LogP contribution is -2.35. The minimum atomic E-state index is -1.22. The Kier molecular flexibility index (Phi) is 7.73. The van der Waals surface area contributed by atoms with Crippen LogP contribution in [0.15, 0.2) is 72.8 Å². The number of aldehydes is 1. The van der Waals surface area contributed by atoms with Crippen LogP contribution in [0.1, 0.15) is 37.3 Å². The molecule has 2 rings (SSSR count). The van der Waals surface area contributed by atoms with Crippen molar-refractivity contribution in [3.05, 3.63) is 83.9 Å². The first kappa shape index (κ1) is 20.0. The first-order valence-corrected chi connectivity index (χ1v) is 8.71. The van der Waals surface area contributed by atoms with E-state index in [9.17, 15) is 4.79 Å². The van der Waals surface area contributed by atoms with Gasteiger partial charge in [0.25, 0.3) is 5.79 Å². The summed E-state index contributed by atoms with van der Waals surface area (Å²) in [5, 5.41) is 0. The molecule has 0 aliphatic carbocycles. The van der Waals surface area contributed by atoms with E-state index in [-0.39, 0.29) is 12.5 Å². The summed E-state index contributed by atoms with van der Waals surface area (Å²) in [5.41, 5.74) is 2.64. The Morgan fingerprint density at radius 3 is 2.04 bits per heavy atom. The topological polar surface area (TPSA) is 44.8 Å². The molecule has 0 radical (unpaired) electrons. The highest BCUT2D eigenvalue weighted by molar-refractivity contribution is 5.50. The van der Waals surface area contributed by atoms with Gasteiger partial charge in [-0.05, 0) is 19.8 Å². The maximum atomic E-state index is 11.0. The summed E-state index contributed by atoms with van der Waals surface area (Å²) in [7, 11) is 1.58. The lowest BCUT2D eigenvalue weighted by Gasteiger charge is -2.33. The molecule has 0 heterocycles. The van der Waals surface area contributed by atoms with Crippen molar-refractivity contribution in [1.82, 2.24) is 0 Å². The van der Waals surface area contributed by atoms with Crippen LogP contribution in [0, 0.1) is 0 Å². The highest BCUT2D eigenvalue weighted by Gasteiger charge is 2.38. The molecule has 26 heavy (non-hydrogen) atoms. The van der Waals surface area contributed by atoms with Gasteiger partial charge in [-0.1, -0.05) is 66.2 Å². The number of hydrogen-bond acceptors (Lipinski definition) is 4. The van der Waals surface area contributed by atoms with E-state index < -0.39 is 5.79 Å². The molecule has 2 aromatic carbocycles. The van der Waals surface area contributed by atoms with Gasteiger partial charge in [0.2, 0.25) is 0 Å². The number of ether oxygens (including phenoxy) is 1. The van der Waals surface area contributed by atoms with Crippen LogP contribution in [0.3, 0.4) is 0 Å². The van der Waals surface area contributed by atoms with Gasteiger partial charge in [-0.2, -0.15) is 4.89 Å². The first-order chi connectivity index (χ1) is 12.6. The van der Waals surface area contributed by atoms with Crippen molar-refractivity contribution >= 4 is 6.29 Å². The van der Waals surface area contributed by atoms with Crippen molar-refractivity contribution in [3.63, 3.8) is 0 Å². The smallest absolute Gasteiger partial charge is 0.253 e. The molecular weight excluding hydrogens is 328 g/mol. The fourth-order valence-corrected chi connectivity index (χ4v) is 2.70. The second-order valence-electron chi connectivity index (χ2n) is 6.25. The van der Waals surface area contributed by atoms with Gasteiger partial charge in [-0.25, -0.2) is 4.89 Å². The maximum Gasteiger partial charge on any atom is 0.253 e. The lowest BCUT2D eigenvalue weighted by molar-refractivity contribution is -0.435. The Labute approximate surface area is 155 Å². The van der Waals surface area contributed by atoms with Gasteiger partial charge in [0, 0.05) is 24.7 Å². The van der Waals surface area contributed by atoms with Gasteiger partial charge in [0.05, 0.1) is 0 Å². The molecule has 2 aromatic rings. The van der Waals surface area contributed by atoms with E-state index in [2.05, 4.69) is 6.58 Å². The number of rotatable bonds is 11. The van der Waals surface area contributed by atoms with Crippen molar-refractivity contribution in [2.24, 2.45) is 0 Å². The zero-order chi connectivity index (χ0) is 18.8. The van der Waals surface area contributed by atoms with Crippen LogP contribution >= 0.6 is 0 Å². The summed E-state index contributed by atoms with van der Waals surface area (Å²) in [6.07, 6.45) is 2.13. The summed E-state index contributed by atoms with van der Waals surface area (Å²) in [6, 6.07) is 19.2. The second kappa shape index (κ2) is 10.0. The molecule has 0 aliphatic heterocycles. The third-order valence-electron chi connectivity index (χ3n) is 4.15. The normalized spacial score (nSPS) is 12.5. The third-order valence-corrected chi connectivity index (χ3v) is 4.15. The molecule has 4 heteroatoms. The summed E-state index contributed by atoms with van der Waals surface area (Å²) < 4.78 is 5.81. The highest BCUT2D eigenvalue weighted by Crippen LogP contribution is 2.35.